The number of ether oxygens (including phenoxy) is 3. The van der Waals surface area contributed by atoms with E-state index >= 15 is 0 Å². The number of carbonyl (C=O) groups is 3. The highest BCUT2D eigenvalue weighted by atomic mass is 32.2. The highest BCUT2D eigenvalue weighted by Gasteiger charge is 2.49. The molecule has 212 valence electrons. The van der Waals surface area contributed by atoms with Crippen molar-refractivity contribution in [3.05, 3.63) is 0 Å². The first-order valence-electron chi connectivity index (χ1n) is 14.1. The van der Waals surface area contributed by atoms with Crippen LogP contribution < -0.4 is 21.3 Å². The number of amides is 4. The van der Waals surface area contributed by atoms with Crippen molar-refractivity contribution < 1.29 is 28.6 Å². The molecule has 4 amide bonds. The normalized spacial score (nSPS) is 28.9. The third-order valence-electron chi connectivity index (χ3n) is 7.78. The summed E-state index contributed by atoms with van der Waals surface area (Å²) in [7, 11) is 0. The van der Waals surface area contributed by atoms with E-state index in [4.69, 9.17) is 14.2 Å². The average Bonchev–Trinajstić information content (AvgIpc) is 3.16. The van der Waals surface area contributed by atoms with Crippen molar-refractivity contribution in [2.24, 2.45) is 17.8 Å². The molecule has 0 aromatic heterocycles. The molecule has 4 rings (SSSR count). The number of fused-ring (bicyclic) bond motifs is 2. The molecule has 0 spiro atoms. The SMILES string of the molecule is O=C(CCCC[C@@H]1SC[C@H]2NC(=O)N[C@H]12)NCCOCCOCCNC(=O)OCC1[C@H]2CCC#CCC[C@@H]12. The van der Waals surface area contributed by atoms with E-state index in [0.29, 0.717) is 75.5 Å². The highest BCUT2D eigenvalue weighted by molar-refractivity contribution is 8.00. The number of hydrogen-bond acceptors (Lipinski definition) is 7. The Morgan fingerprint density at radius 1 is 0.947 bits per heavy atom. The van der Waals surface area contributed by atoms with Crippen LogP contribution in [-0.4, -0.2) is 87.2 Å². The maximum atomic E-state index is 12.0. The minimum Gasteiger partial charge on any atom is -0.449 e. The summed E-state index contributed by atoms with van der Waals surface area (Å²) in [5, 5.41) is 12.0. The van der Waals surface area contributed by atoms with Crippen LogP contribution in [0.4, 0.5) is 9.59 Å². The van der Waals surface area contributed by atoms with Gasteiger partial charge in [0.25, 0.3) is 0 Å². The molecule has 0 bridgehead atoms. The maximum Gasteiger partial charge on any atom is 0.407 e. The van der Waals surface area contributed by atoms with Crippen LogP contribution in [0.2, 0.25) is 0 Å². The summed E-state index contributed by atoms with van der Waals surface area (Å²) in [5.41, 5.74) is 0. The van der Waals surface area contributed by atoms with Gasteiger partial charge in [-0.05, 0) is 43.4 Å². The van der Waals surface area contributed by atoms with E-state index in [2.05, 4.69) is 33.1 Å². The first-order valence-corrected chi connectivity index (χ1v) is 15.1. The van der Waals surface area contributed by atoms with Gasteiger partial charge in [0.2, 0.25) is 5.91 Å². The number of carbonyl (C=O) groups excluding carboxylic acids is 3. The Kier molecular flexibility index (Phi) is 11.7. The summed E-state index contributed by atoms with van der Waals surface area (Å²) in [6.45, 7) is 3.05. The number of hydrogen-bond donors (Lipinski definition) is 4. The molecule has 1 saturated carbocycles. The number of alkyl carbamates (subject to hydrolysis) is 1. The Morgan fingerprint density at radius 3 is 2.39 bits per heavy atom. The fourth-order valence-corrected chi connectivity index (χ4v) is 7.22. The molecule has 11 heteroatoms. The molecule has 0 aromatic carbocycles. The molecular formula is C27H42N4O6S. The number of nitrogens with one attached hydrogen (secondary N) is 4. The lowest BCUT2D eigenvalue weighted by atomic mass is 10.0. The number of urea groups is 1. The van der Waals surface area contributed by atoms with Crippen LogP contribution in [0.15, 0.2) is 0 Å². The van der Waals surface area contributed by atoms with Gasteiger partial charge in [0.1, 0.15) is 0 Å². The molecule has 4 N–H and O–H groups in total. The predicted octanol–water partition coefficient (Wildman–Crippen LogP) is 2.03. The fourth-order valence-electron chi connectivity index (χ4n) is 5.68. The van der Waals surface area contributed by atoms with E-state index in [-0.39, 0.29) is 30.1 Å². The van der Waals surface area contributed by atoms with Gasteiger partial charge in [-0.1, -0.05) is 6.42 Å². The van der Waals surface area contributed by atoms with E-state index in [0.717, 1.165) is 50.7 Å². The Balaban J connectivity index is 0.881. The van der Waals surface area contributed by atoms with Gasteiger partial charge in [0.05, 0.1) is 45.1 Å². The maximum absolute atomic E-state index is 12.0. The van der Waals surface area contributed by atoms with Gasteiger partial charge in [-0.3, -0.25) is 4.79 Å². The van der Waals surface area contributed by atoms with Crippen molar-refractivity contribution in [1.29, 1.82) is 0 Å². The van der Waals surface area contributed by atoms with Crippen LogP contribution in [0.25, 0.3) is 0 Å². The summed E-state index contributed by atoms with van der Waals surface area (Å²) in [5.74, 6) is 9.22. The predicted molar refractivity (Wildman–Crippen MR) is 145 cm³/mol. The summed E-state index contributed by atoms with van der Waals surface area (Å²) in [6, 6.07) is 0.414. The number of rotatable bonds is 16. The van der Waals surface area contributed by atoms with E-state index in [1.54, 1.807) is 0 Å². The van der Waals surface area contributed by atoms with Crippen LogP contribution in [0, 0.1) is 29.6 Å². The largest absolute Gasteiger partial charge is 0.449 e. The topological polar surface area (TPSA) is 127 Å². The van der Waals surface area contributed by atoms with Gasteiger partial charge in [0, 0.05) is 43.4 Å². The molecular weight excluding hydrogens is 508 g/mol. The van der Waals surface area contributed by atoms with Crippen LogP contribution >= 0.6 is 11.8 Å². The van der Waals surface area contributed by atoms with Gasteiger partial charge in [-0.15, -0.1) is 11.8 Å². The van der Waals surface area contributed by atoms with E-state index < -0.39 is 0 Å². The van der Waals surface area contributed by atoms with Crippen LogP contribution in [-0.2, 0) is 19.0 Å². The van der Waals surface area contributed by atoms with Crippen molar-refractivity contribution in [2.45, 2.75) is 68.7 Å². The molecule has 2 aliphatic carbocycles. The van der Waals surface area contributed by atoms with Gasteiger partial charge >= 0.3 is 12.1 Å². The minimum atomic E-state index is -0.387. The molecule has 0 radical (unpaired) electrons. The smallest absolute Gasteiger partial charge is 0.407 e. The lowest BCUT2D eigenvalue weighted by Gasteiger charge is -2.16. The minimum absolute atomic E-state index is 0.0380. The zero-order valence-electron chi connectivity index (χ0n) is 22.1. The highest BCUT2D eigenvalue weighted by Crippen LogP contribution is 2.52. The molecule has 2 saturated heterocycles. The average molecular weight is 551 g/mol. The van der Waals surface area contributed by atoms with Crippen LogP contribution in [0.3, 0.4) is 0 Å². The third kappa shape index (κ3) is 9.24. The fraction of sp³-hybridized carbons (Fsp3) is 0.815. The summed E-state index contributed by atoms with van der Waals surface area (Å²) in [6.07, 6.45) is 7.12. The number of unbranched alkanes of at least 4 members (excludes halogenated alkanes) is 1. The summed E-state index contributed by atoms with van der Waals surface area (Å²) >= 11 is 1.90. The molecule has 0 aromatic rings. The van der Waals surface area contributed by atoms with Crippen molar-refractivity contribution in [2.75, 3.05) is 51.9 Å². The first kappa shape index (κ1) is 28.8. The molecule has 2 heterocycles. The van der Waals surface area contributed by atoms with Crippen molar-refractivity contribution in [3.63, 3.8) is 0 Å². The first-order chi connectivity index (χ1) is 18.6. The van der Waals surface area contributed by atoms with Gasteiger partial charge in [0.15, 0.2) is 0 Å². The molecule has 4 aliphatic rings. The molecule has 38 heavy (non-hydrogen) atoms. The Morgan fingerprint density at radius 2 is 1.66 bits per heavy atom. The van der Waals surface area contributed by atoms with E-state index in [1.807, 2.05) is 11.8 Å². The summed E-state index contributed by atoms with van der Waals surface area (Å²) < 4.78 is 16.3. The number of thioether (sulfide) groups is 1. The second kappa shape index (κ2) is 15.4. The quantitative estimate of drug-likeness (QED) is 0.132. The van der Waals surface area contributed by atoms with Crippen molar-refractivity contribution >= 4 is 29.8 Å². The van der Waals surface area contributed by atoms with Crippen LogP contribution in [0.5, 0.6) is 0 Å². The standard InChI is InChI=1S/C27H42N4O6S/c32-24(10-6-5-9-23-25-22(18-38-23)30-26(33)31-25)28-11-13-35-15-16-36-14-12-29-27(34)37-17-21-19-7-3-1-2-4-8-20(19)21/h19-23,25H,3-18H2,(H,28,32)(H,29,34)(H2,30,31,33)/t19-,20+,21?,22-,23+,25+/m1/s1. The third-order valence-corrected chi connectivity index (χ3v) is 9.29. The van der Waals surface area contributed by atoms with E-state index in [9.17, 15) is 14.4 Å². The second-order valence-corrected chi connectivity index (χ2v) is 11.7. The molecule has 3 fully saturated rings. The summed E-state index contributed by atoms with van der Waals surface area (Å²) in [4.78, 5) is 35.3. The zero-order chi connectivity index (χ0) is 26.6. The Hall–Kier alpha value is -2.16. The molecule has 6 atom stereocenters. The Bertz CT molecular complexity index is 846. The monoisotopic (exact) mass is 550 g/mol. The van der Waals surface area contributed by atoms with Gasteiger partial charge < -0.3 is 35.5 Å². The lowest BCUT2D eigenvalue weighted by molar-refractivity contribution is -0.121. The van der Waals surface area contributed by atoms with Gasteiger partial charge in [-0.25, -0.2) is 9.59 Å². The Labute approximate surface area is 229 Å². The lowest BCUT2D eigenvalue weighted by Crippen LogP contribution is -2.36. The second-order valence-electron chi connectivity index (χ2n) is 10.4. The van der Waals surface area contributed by atoms with Gasteiger partial charge in [-0.2, -0.15) is 11.8 Å². The van der Waals surface area contributed by atoms with Crippen LogP contribution in [0.1, 0.15) is 51.4 Å². The molecule has 2 aliphatic heterocycles. The molecule has 10 nitrogen and oxygen atoms in total. The zero-order valence-corrected chi connectivity index (χ0v) is 23.0. The van der Waals surface area contributed by atoms with Crippen molar-refractivity contribution in [3.8, 4) is 11.8 Å². The molecule has 1 unspecified atom stereocenters. The van der Waals surface area contributed by atoms with E-state index in [1.165, 1.54) is 0 Å². The van der Waals surface area contributed by atoms with Crippen molar-refractivity contribution in [1.82, 2.24) is 21.3 Å².